The standard InChI is InChI=1S/C22H35N3O3/c1-15(2)16(3)25(21(26)14-28-6)13-18-12-19(10-11-20(18)24(4)5)23-22(27)17-8-7-9-17/h10-12,15-17H,7-9,13-14H2,1-6H3,(H,23,27). The summed E-state index contributed by atoms with van der Waals surface area (Å²) in [5.74, 6) is 0.526. The van der Waals surface area contributed by atoms with Crippen molar-refractivity contribution in [2.24, 2.45) is 11.8 Å². The molecule has 2 amide bonds. The molecule has 1 unspecified atom stereocenters. The van der Waals surface area contributed by atoms with Crippen molar-refractivity contribution in [1.29, 1.82) is 0 Å². The molecule has 0 saturated heterocycles. The monoisotopic (exact) mass is 389 g/mol. The first-order valence-corrected chi connectivity index (χ1v) is 10.1. The van der Waals surface area contributed by atoms with E-state index in [9.17, 15) is 9.59 Å². The van der Waals surface area contributed by atoms with Crippen LogP contribution in [0.25, 0.3) is 0 Å². The molecule has 156 valence electrons. The fourth-order valence-electron chi connectivity index (χ4n) is 3.35. The summed E-state index contributed by atoms with van der Waals surface area (Å²) in [4.78, 5) is 28.9. The number of rotatable bonds is 9. The van der Waals surface area contributed by atoms with E-state index < -0.39 is 0 Å². The minimum atomic E-state index is -0.0303. The zero-order chi connectivity index (χ0) is 20.8. The van der Waals surface area contributed by atoms with E-state index in [4.69, 9.17) is 4.74 Å². The number of carbonyl (C=O) groups excluding carboxylic acids is 2. The maximum atomic E-state index is 12.7. The van der Waals surface area contributed by atoms with Crippen molar-refractivity contribution in [3.8, 4) is 0 Å². The largest absolute Gasteiger partial charge is 0.377 e. The third-order valence-electron chi connectivity index (χ3n) is 5.69. The van der Waals surface area contributed by atoms with Crippen LogP contribution in [0, 0.1) is 11.8 Å². The molecule has 0 heterocycles. The van der Waals surface area contributed by atoms with Crippen LogP contribution in [0.4, 0.5) is 11.4 Å². The van der Waals surface area contributed by atoms with E-state index in [1.165, 1.54) is 7.11 Å². The summed E-state index contributed by atoms with van der Waals surface area (Å²) in [5.41, 5.74) is 2.83. The van der Waals surface area contributed by atoms with E-state index in [1.807, 2.05) is 42.1 Å². The van der Waals surface area contributed by atoms with Gasteiger partial charge in [-0.1, -0.05) is 20.3 Å². The molecule has 2 rings (SSSR count). The number of benzene rings is 1. The molecule has 6 heteroatoms. The maximum absolute atomic E-state index is 12.7. The quantitative estimate of drug-likeness (QED) is 0.702. The Kier molecular flexibility index (Phi) is 7.87. The van der Waals surface area contributed by atoms with Gasteiger partial charge in [-0.25, -0.2) is 0 Å². The molecule has 28 heavy (non-hydrogen) atoms. The number of nitrogens with one attached hydrogen (secondary N) is 1. The lowest BCUT2D eigenvalue weighted by molar-refractivity contribution is -0.138. The molecular formula is C22H35N3O3. The topological polar surface area (TPSA) is 61.9 Å². The SMILES string of the molecule is COCC(=O)N(Cc1cc(NC(=O)C2CCC2)ccc1N(C)C)C(C)C(C)C. The molecule has 6 nitrogen and oxygen atoms in total. The normalized spacial score (nSPS) is 15.1. The summed E-state index contributed by atoms with van der Waals surface area (Å²) in [6.07, 6.45) is 3.08. The Balaban J connectivity index is 2.28. The van der Waals surface area contributed by atoms with Crippen LogP contribution in [0.2, 0.25) is 0 Å². The molecule has 1 N–H and O–H groups in total. The highest BCUT2D eigenvalue weighted by molar-refractivity contribution is 5.93. The third-order valence-corrected chi connectivity index (χ3v) is 5.69. The lowest BCUT2D eigenvalue weighted by Gasteiger charge is -2.33. The van der Waals surface area contributed by atoms with Crippen molar-refractivity contribution in [2.75, 3.05) is 38.0 Å². The Bertz CT molecular complexity index is 684. The Morgan fingerprint density at radius 1 is 1.21 bits per heavy atom. The molecule has 1 saturated carbocycles. The number of amides is 2. The maximum Gasteiger partial charge on any atom is 0.249 e. The van der Waals surface area contributed by atoms with Crippen molar-refractivity contribution in [1.82, 2.24) is 4.90 Å². The average molecular weight is 390 g/mol. The summed E-state index contributed by atoms with van der Waals surface area (Å²) in [5, 5.41) is 3.04. The van der Waals surface area contributed by atoms with Crippen LogP contribution in [-0.4, -0.2) is 50.6 Å². The van der Waals surface area contributed by atoms with Crippen LogP contribution in [-0.2, 0) is 20.9 Å². The number of ether oxygens (including phenoxy) is 1. The highest BCUT2D eigenvalue weighted by Crippen LogP contribution is 2.30. The summed E-state index contributed by atoms with van der Waals surface area (Å²) in [6.45, 7) is 6.82. The van der Waals surface area contributed by atoms with Crippen molar-refractivity contribution >= 4 is 23.2 Å². The summed E-state index contributed by atoms with van der Waals surface area (Å²) < 4.78 is 5.09. The van der Waals surface area contributed by atoms with Crippen molar-refractivity contribution in [3.05, 3.63) is 23.8 Å². The number of hydrogen-bond acceptors (Lipinski definition) is 4. The molecule has 1 aliphatic rings. The average Bonchev–Trinajstić information content (AvgIpc) is 2.57. The van der Waals surface area contributed by atoms with E-state index in [1.54, 1.807) is 0 Å². The van der Waals surface area contributed by atoms with Gasteiger partial charge in [0.15, 0.2) is 0 Å². The molecular weight excluding hydrogens is 354 g/mol. The second-order valence-corrected chi connectivity index (χ2v) is 8.29. The zero-order valence-electron chi connectivity index (χ0n) is 18.1. The first-order valence-electron chi connectivity index (χ1n) is 10.1. The highest BCUT2D eigenvalue weighted by Gasteiger charge is 2.26. The molecule has 0 radical (unpaired) electrons. The van der Waals surface area contributed by atoms with Gasteiger partial charge in [0.25, 0.3) is 0 Å². The van der Waals surface area contributed by atoms with Crippen LogP contribution in [0.15, 0.2) is 18.2 Å². The predicted octanol–water partition coefficient (Wildman–Crippen LogP) is 3.51. The van der Waals surface area contributed by atoms with E-state index >= 15 is 0 Å². The van der Waals surface area contributed by atoms with Gasteiger partial charge in [-0.05, 0) is 49.4 Å². The molecule has 0 aliphatic heterocycles. The van der Waals surface area contributed by atoms with E-state index in [0.717, 1.165) is 36.2 Å². The van der Waals surface area contributed by atoms with Crippen molar-refractivity contribution in [2.45, 2.75) is 52.6 Å². The van der Waals surface area contributed by atoms with Crippen LogP contribution >= 0.6 is 0 Å². The summed E-state index contributed by atoms with van der Waals surface area (Å²) in [7, 11) is 5.51. The minimum Gasteiger partial charge on any atom is -0.377 e. The van der Waals surface area contributed by atoms with Crippen LogP contribution in [0.1, 0.15) is 45.6 Å². The highest BCUT2D eigenvalue weighted by atomic mass is 16.5. The number of anilines is 2. The van der Waals surface area contributed by atoms with E-state index in [2.05, 4.69) is 26.1 Å². The van der Waals surface area contributed by atoms with Crippen LogP contribution in [0.5, 0.6) is 0 Å². The first kappa shape index (κ1) is 22.2. The molecule has 0 spiro atoms. The fourth-order valence-corrected chi connectivity index (χ4v) is 3.35. The second-order valence-electron chi connectivity index (χ2n) is 8.29. The molecule has 0 bridgehead atoms. The lowest BCUT2D eigenvalue weighted by Crippen LogP contribution is -2.43. The minimum absolute atomic E-state index is 0.0303. The Labute approximate surface area is 169 Å². The first-order chi connectivity index (χ1) is 13.2. The van der Waals surface area contributed by atoms with Gasteiger partial charge in [-0.2, -0.15) is 0 Å². The Hall–Kier alpha value is -2.08. The Morgan fingerprint density at radius 2 is 1.89 bits per heavy atom. The van der Waals surface area contributed by atoms with Gasteiger partial charge >= 0.3 is 0 Å². The molecule has 0 aromatic heterocycles. The molecule has 1 aliphatic carbocycles. The smallest absolute Gasteiger partial charge is 0.249 e. The van der Waals surface area contributed by atoms with Gasteiger partial charge < -0.3 is 19.9 Å². The molecule has 1 aromatic rings. The van der Waals surface area contributed by atoms with E-state index in [0.29, 0.717) is 12.5 Å². The van der Waals surface area contributed by atoms with Crippen LogP contribution in [0.3, 0.4) is 0 Å². The van der Waals surface area contributed by atoms with Gasteiger partial charge in [0.1, 0.15) is 6.61 Å². The number of carbonyl (C=O) groups is 2. The number of nitrogens with zero attached hydrogens (tertiary/aromatic N) is 2. The zero-order valence-corrected chi connectivity index (χ0v) is 18.1. The number of methoxy groups -OCH3 is 1. The van der Waals surface area contributed by atoms with Gasteiger partial charge in [0.2, 0.25) is 11.8 Å². The summed E-state index contributed by atoms with van der Waals surface area (Å²) in [6, 6.07) is 6.00. The van der Waals surface area contributed by atoms with Gasteiger partial charge in [0.05, 0.1) is 0 Å². The van der Waals surface area contributed by atoms with Gasteiger partial charge in [0, 0.05) is 51.1 Å². The van der Waals surface area contributed by atoms with E-state index in [-0.39, 0.29) is 30.4 Å². The second kappa shape index (κ2) is 9.92. The fraction of sp³-hybridized carbons (Fsp3) is 0.636. The predicted molar refractivity (Wildman–Crippen MR) is 113 cm³/mol. The van der Waals surface area contributed by atoms with Crippen molar-refractivity contribution in [3.63, 3.8) is 0 Å². The molecule has 1 aromatic carbocycles. The van der Waals surface area contributed by atoms with Gasteiger partial charge in [-0.3, -0.25) is 9.59 Å². The lowest BCUT2D eigenvalue weighted by atomic mass is 9.85. The Morgan fingerprint density at radius 3 is 2.39 bits per heavy atom. The molecule has 1 atom stereocenters. The van der Waals surface area contributed by atoms with Gasteiger partial charge in [-0.15, -0.1) is 0 Å². The third kappa shape index (κ3) is 5.47. The van der Waals surface area contributed by atoms with Crippen LogP contribution < -0.4 is 10.2 Å². The molecule has 1 fully saturated rings. The van der Waals surface area contributed by atoms with Crippen molar-refractivity contribution < 1.29 is 14.3 Å². The summed E-state index contributed by atoms with van der Waals surface area (Å²) >= 11 is 0. The number of hydrogen-bond donors (Lipinski definition) is 1.